The smallest absolute Gasteiger partial charge is 0.229 e. The summed E-state index contributed by atoms with van der Waals surface area (Å²) in [7, 11) is 0. The number of aromatic nitrogens is 1. The molecule has 5 heteroatoms. The SMILES string of the molecule is Cc1cc[n+](CCC(=O)N2CCN(c3ccc(F)cc3)CC2)cc1. The predicted octanol–water partition coefficient (Wildman–Crippen LogP) is 2.16. The van der Waals surface area contributed by atoms with Gasteiger partial charge < -0.3 is 9.80 Å². The van der Waals surface area contributed by atoms with Crippen LogP contribution in [0.5, 0.6) is 0 Å². The third kappa shape index (κ3) is 4.10. The summed E-state index contributed by atoms with van der Waals surface area (Å²) < 4.78 is 15.0. The largest absolute Gasteiger partial charge is 0.368 e. The number of hydrogen-bond donors (Lipinski definition) is 0. The lowest BCUT2D eigenvalue weighted by Crippen LogP contribution is -2.49. The molecular formula is C19H23FN3O+. The van der Waals surface area contributed by atoms with Crippen molar-refractivity contribution in [1.29, 1.82) is 0 Å². The van der Waals surface area contributed by atoms with Crippen molar-refractivity contribution in [3.05, 3.63) is 60.2 Å². The Morgan fingerprint density at radius 3 is 2.29 bits per heavy atom. The summed E-state index contributed by atoms with van der Waals surface area (Å²) in [6.45, 7) is 5.76. The van der Waals surface area contributed by atoms with Gasteiger partial charge in [-0.1, -0.05) is 0 Å². The quantitative estimate of drug-likeness (QED) is 0.805. The average Bonchev–Trinajstić information content (AvgIpc) is 2.62. The molecule has 2 heterocycles. The molecule has 1 aromatic carbocycles. The van der Waals surface area contributed by atoms with E-state index in [4.69, 9.17) is 0 Å². The van der Waals surface area contributed by atoms with Crippen LogP contribution in [0.15, 0.2) is 48.8 Å². The number of benzene rings is 1. The molecule has 0 N–H and O–H groups in total. The van der Waals surface area contributed by atoms with Gasteiger partial charge in [-0.25, -0.2) is 8.96 Å². The number of nitrogens with zero attached hydrogens (tertiary/aromatic N) is 3. The molecule has 126 valence electrons. The maximum Gasteiger partial charge on any atom is 0.229 e. The fourth-order valence-corrected chi connectivity index (χ4v) is 2.93. The number of carbonyl (C=O) groups is 1. The Kier molecular flexibility index (Phi) is 5.08. The maximum absolute atomic E-state index is 13.0. The van der Waals surface area contributed by atoms with Crippen LogP contribution in [0.2, 0.25) is 0 Å². The number of anilines is 1. The van der Waals surface area contributed by atoms with E-state index in [1.54, 1.807) is 12.1 Å². The van der Waals surface area contributed by atoms with Crippen LogP contribution in [-0.2, 0) is 11.3 Å². The van der Waals surface area contributed by atoms with Gasteiger partial charge in [0.2, 0.25) is 5.91 Å². The topological polar surface area (TPSA) is 27.4 Å². The molecule has 1 aromatic heterocycles. The first kappa shape index (κ1) is 16.4. The Bertz CT molecular complexity index is 677. The number of pyridine rings is 1. The Hall–Kier alpha value is -2.43. The highest BCUT2D eigenvalue weighted by molar-refractivity contribution is 5.76. The van der Waals surface area contributed by atoms with Crippen molar-refractivity contribution < 1.29 is 13.8 Å². The first-order valence-corrected chi connectivity index (χ1v) is 8.36. The van der Waals surface area contributed by atoms with Crippen LogP contribution in [0.3, 0.4) is 0 Å². The minimum atomic E-state index is -0.221. The number of piperazine rings is 1. The van der Waals surface area contributed by atoms with E-state index in [0.717, 1.165) is 31.9 Å². The fourth-order valence-electron chi connectivity index (χ4n) is 2.93. The first-order chi connectivity index (χ1) is 11.6. The molecule has 0 atom stereocenters. The fraction of sp³-hybridized carbons (Fsp3) is 0.368. The highest BCUT2D eigenvalue weighted by atomic mass is 19.1. The van der Waals surface area contributed by atoms with E-state index in [1.807, 2.05) is 34.0 Å². The van der Waals surface area contributed by atoms with Gasteiger partial charge in [-0.15, -0.1) is 0 Å². The van der Waals surface area contributed by atoms with E-state index in [-0.39, 0.29) is 11.7 Å². The molecule has 0 saturated carbocycles. The molecule has 0 bridgehead atoms. The van der Waals surface area contributed by atoms with Crippen LogP contribution in [-0.4, -0.2) is 37.0 Å². The molecule has 1 fully saturated rings. The third-order valence-electron chi connectivity index (χ3n) is 4.47. The predicted molar refractivity (Wildman–Crippen MR) is 91.2 cm³/mol. The molecule has 2 aromatic rings. The normalized spacial score (nSPS) is 14.8. The molecule has 4 nitrogen and oxygen atoms in total. The van der Waals surface area contributed by atoms with Crippen molar-refractivity contribution in [3.8, 4) is 0 Å². The molecule has 0 aliphatic carbocycles. The maximum atomic E-state index is 13.0. The zero-order valence-corrected chi connectivity index (χ0v) is 14.0. The summed E-state index contributed by atoms with van der Waals surface area (Å²) in [5, 5.41) is 0. The minimum Gasteiger partial charge on any atom is -0.368 e. The highest BCUT2D eigenvalue weighted by Crippen LogP contribution is 2.17. The third-order valence-corrected chi connectivity index (χ3v) is 4.47. The number of amides is 1. The zero-order valence-electron chi connectivity index (χ0n) is 14.0. The number of carbonyl (C=O) groups excluding carboxylic acids is 1. The lowest BCUT2D eigenvalue weighted by atomic mass is 10.2. The molecular weight excluding hydrogens is 305 g/mol. The standard InChI is InChI=1S/C19H23FN3O/c1-16-6-9-21(10-7-16)11-8-19(24)23-14-12-22(13-15-23)18-4-2-17(20)3-5-18/h2-7,9-10H,8,11-15H2,1H3/q+1. The van der Waals surface area contributed by atoms with Gasteiger partial charge in [0.05, 0.1) is 6.42 Å². The van der Waals surface area contributed by atoms with Crippen LogP contribution in [0.4, 0.5) is 10.1 Å². The van der Waals surface area contributed by atoms with E-state index < -0.39 is 0 Å². The molecule has 1 amide bonds. The van der Waals surface area contributed by atoms with Crippen LogP contribution in [0, 0.1) is 12.7 Å². The number of aryl methyl sites for hydroxylation is 2. The van der Waals surface area contributed by atoms with E-state index in [0.29, 0.717) is 13.0 Å². The van der Waals surface area contributed by atoms with Gasteiger partial charge >= 0.3 is 0 Å². The van der Waals surface area contributed by atoms with E-state index in [2.05, 4.69) is 11.8 Å². The van der Waals surface area contributed by atoms with Gasteiger partial charge in [0.15, 0.2) is 18.9 Å². The summed E-state index contributed by atoms with van der Waals surface area (Å²) in [6, 6.07) is 10.6. The van der Waals surface area contributed by atoms with Gasteiger partial charge in [0, 0.05) is 44.0 Å². The molecule has 3 rings (SSSR count). The highest BCUT2D eigenvalue weighted by Gasteiger charge is 2.21. The summed E-state index contributed by atoms with van der Waals surface area (Å²) in [5.41, 5.74) is 2.23. The molecule has 1 aliphatic rings. The number of hydrogen-bond acceptors (Lipinski definition) is 2. The van der Waals surface area contributed by atoms with Crippen LogP contribution < -0.4 is 9.47 Å². The lowest BCUT2D eigenvalue weighted by Gasteiger charge is -2.36. The molecule has 0 unspecified atom stereocenters. The van der Waals surface area contributed by atoms with Gasteiger partial charge in [0.1, 0.15) is 5.82 Å². The Morgan fingerprint density at radius 2 is 1.67 bits per heavy atom. The van der Waals surface area contributed by atoms with Gasteiger partial charge in [0.25, 0.3) is 0 Å². The van der Waals surface area contributed by atoms with Crippen molar-refractivity contribution in [1.82, 2.24) is 4.90 Å². The lowest BCUT2D eigenvalue weighted by molar-refractivity contribution is -0.696. The van der Waals surface area contributed by atoms with Crippen molar-refractivity contribution in [2.75, 3.05) is 31.1 Å². The first-order valence-electron chi connectivity index (χ1n) is 8.36. The van der Waals surface area contributed by atoms with Gasteiger partial charge in [-0.05, 0) is 36.8 Å². The monoisotopic (exact) mass is 328 g/mol. The minimum absolute atomic E-state index is 0.196. The summed E-state index contributed by atoms with van der Waals surface area (Å²) in [5.74, 6) is -0.0250. The van der Waals surface area contributed by atoms with Crippen molar-refractivity contribution in [3.63, 3.8) is 0 Å². The summed E-state index contributed by atoms with van der Waals surface area (Å²) in [6.07, 6.45) is 4.54. The Labute approximate surface area is 142 Å². The number of halogens is 1. The van der Waals surface area contributed by atoms with Crippen LogP contribution >= 0.6 is 0 Å². The Morgan fingerprint density at radius 1 is 1.04 bits per heavy atom. The molecule has 1 aliphatic heterocycles. The molecule has 0 spiro atoms. The summed E-state index contributed by atoms with van der Waals surface area (Å²) >= 11 is 0. The second-order valence-electron chi connectivity index (χ2n) is 6.21. The van der Waals surface area contributed by atoms with Crippen molar-refractivity contribution >= 4 is 11.6 Å². The number of rotatable bonds is 4. The van der Waals surface area contributed by atoms with Crippen molar-refractivity contribution in [2.45, 2.75) is 19.9 Å². The van der Waals surface area contributed by atoms with Crippen LogP contribution in [0.1, 0.15) is 12.0 Å². The molecule has 24 heavy (non-hydrogen) atoms. The van der Waals surface area contributed by atoms with E-state index in [9.17, 15) is 9.18 Å². The molecule has 1 saturated heterocycles. The molecule has 0 radical (unpaired) electrons. The second kappa shape index (κ2) is 7.43. The van der Waals surface area contributed by atoms with Crippen LogP contribution in [0.25, 0.3) is 0 Å². The van der Waals surface area contributed by atoms with Crippen molar-refractivity contribution in [2.24, 2.45) is 0 Å². The summed E-state index contributed by atoms with van der Waals surface area (Å²) in [4.78, 5) is 16.5. The zero-order chi connectivity index (χ0) is 16.9. The Balaban J connectivity index is 1.48. The average molecular weight is 328 g/mol. The van der Waals surface area contributed by atoms with Gasteiger partial charge in [-0.3, -0.25) is 4.79 Å². The van der Waals surface area contributed by atoms with Gasteiger partial charge in [-0.2, -0.15) is 0 Å². The second-order valence-corrected chi connectivity index (χ2v) is 6.21. The van der Waals surface area contributed by atoms with E-state index >= 15 is 0 Å². The van der Waals surface area contributed by atoms with E-state index in [1.165, 1.54) is 17.7 Å².